The SMILES string of the molecule is C=C(C)C(=O)OC1CC(C)=C2C(=O)C=C(CO)C2C2OC(=O)C(C)C12. The number of ether oxygens (including phenoxy) is 2. The molecule has 0 spiro atoms. The van der Waals surface area contributed by atoms with Crippen LogP contribution in [0.3, 0.4) is 0 Å². The van der Waals surface area contributed by atoms with Crippen LogP contribution >= 0.6 is 0 Å². The van der Waals surface area contributed by atoms with Gasteiger partial charge in [0.05, 0.1) is 12.5 Å². The molecule has 5 unspecified atom stereocenters. The van der Waals surface area contributed by atoms with E-state index in [-0.39, 0.29) is 29.9 Å². The van der Waals surface area contributed by atoms with E-state index < -0.39 is 30.0 Å². The summed E-state index contributed by atoms with van der Waals surface area (Å²) in [6.07, 6.45) is 0.576. The van der Waals surface area contributed by atoms with Gasteiger partial charge in [-0.15, -0.1) is 0 Å². The van der Waals surface area contributed by atoms with Gasteiger partial charge in [0, 0.05) is 29.4 Å². The maximum Gasteiger partial charge on any atom is 0.333 e. The summed E-state index contributed by atoms with van der Waals surface area (Å²) in [5, 5.41) is 9.66. The molecule has 1 aliphatic heterocycles. The molecule has 3 rings (SSSR count). The van der Waals surface area contributed by atoms with Gasteiger partial charge in [0.15, 0.2) is 5.78 Å². The number of rotatable bonds is 3. The number of allylic oxidation sites excluding steroid dienone is 1. The molecule has 134 valence electrons. The zero-order valence-corrected chi connectivity index (χ0v) is 14.6. The number of aliphatic hydroxyl groups excluding tert-OH is 1. The normalized spacial score (nSPS) is 34.1. The summed E-state index contributed by atoms with van der Waals surface area (Å²) in [5.74, 6) is -2.38. The smallest absolute Gasteiger partial charge is 0.333 e. The van der Waals surface area contributed by atoms with E-state index >= 15 is 0 Å². The summed E-state index contributed by atoms with van der Waals surface area (Å²) < 4.78 is 11.2. The second-order valence-electron chi connectivity index (χ2n) is 7.11. The summed E-state index contributed by atoms with van der Waals surface area (Å²) in [7, 11) is 0. The Balaban J connectivity index is 2.05. The first kappa shape index (κ1) is 17.6. The minimum atomic E-state index is -0.622. The standard InChI is InChI=1S/C19H22O6/c1-8(2)18(22)24-13-5-9(3)14-12(21)6-11(7-20)16(14)17-15(13)10(4)19(23)25-17/h6,10,13,15-17,20H,1,5,7H2,2-4H3. The third-order valence-electron chi connectivity index (χ3n) is 5.39. The maximum absolute atomic E-state index is 12.4. The van der Waals surface area contributed by atoms with Crippen molar-refractivity contribution in [3.8, 4) is 0 Å². The Kier molecular flexibility index (Phi) is 4.41. The minimum Gasteiger partial charge on any atom is -0.461 e. The summed E-state index contributed by atoms with van der Waals surface area (Å²) in [5.41, 5.74) is 2.17. The predicted octanol–water partition coefficient (Wildman–Crippen LogP) is 1.49. The lowest BCUT2D eigenvalue weighted by molar-refractivity contribution is -0.148. The summed E-state index contributed by atoms with van der Waals surface area (Å²) >= 11 is 0. The van der Waals surface area contributed by atoms with Crippen molar-refractivity contribution in [1.82, 2.24) is 0 Å². The van der Waals surface area contributed by atoms with Crippen molar-refractivity contribution < 1.29 is 29.0 Å². The minimum absolute atomic E-state index is 0.173. The highest BCUT2D eigenvalue weighted by Crippen LogP contribution is 2.48. The lowest BCUT2D eigenvalue weighted by atomic mass is 9.79. The molecule has 1 N–H and O–H groups in total. The van der Waals surface area contributed by atoms with Crippen LogP contribution in [0.25, 0.3) is 0 Å². The Bertz CT molecular complexity index is 728. The van der Waals surface area contributed by atoms with Gasteiger partial charge in [-0.2, -0.15) is 0 Å². The van der Waals surface area contributed by atoms with Gasteiger partial charge < -0.3 is 14.6 Å². The average molecular weight is 346 g/mol. The van der Waals surface area contributed by atoms with Crippen molar-refractivity contribution >= 4 is 17.7 Å². The molecule has 0 aromatic carbocycles. The quantitative estimate of drug-likeness (QED) is 0.615. The third kappa shape index (κ3) is 2.74. The van der Waals surface area contributed by atoms with Gasteiger partial charge in [-0.1, -0.05) is 19.1 Å². The van der Waals surface area contributed by atoms with Crippen LogP contribution in [0.15, 0.2) is 34.9 Å². The first-order chi connectivity index (χ1) is 11.8. The second kappa shape index (κ2) is 6.26. The van der Waals surface area contributed by atoms with Crippen LogP contribution in [0.2, 0.25) is 0 Å². The molecule has 0 aromatic rings. The molecule has 6 heteroatoms. The van der Waals surface area contributed by atoms with E-state index in [1.165, 1.54) is 6.08 Å². The van der Waals surface area contributed by atoms with Crippen LogP contribution in [0, 0.1) is 17.8 Å². The van der Waals surface area contributed by atoms with Gasteiger partial charge in [-0.05, 0) is 25.5 Å². The van der Waals surface area contributed by atoms with E-state index in [0.29, 0.717) is 17.6 Å². The molecule has 5 atom stereocenters. The number of carbonyl (C=O) groups excluding carboxylic acids is 3. The van der Waals surface area contributed by atoms with E-state index in [9.17, 15) is 19.5 Å². The van der Waals surface area contributed by atoms with E-state index in [0.717, 1.165) is 5.57 Å². The molecule has 6 nitrogen and oxygen atoms in total. The van der Waals surface area contributed by atoms with E-state index in [1.807, 2.05) is 6.92 Å². The molecule has 0 radical (unpaired) electrons. The third-order valence-corrected chi connectivity index (χ3v) is 5.39. The fourth-order valence-corrected chi connectivity index (χ4v) is 4.16. The molecular formula is C19H22O6. The number of esters is 2. The van der Waals surface area contributed by atoms with E-state index in [2.05, 4.69) is 6.58 Å². The average Bonchev–Trinajstić information content (AvgIpc) is 2.99. The van der Waals surface area contributed by atoms with Gasteiger partial charge in [0.2, 0.25) is 0 Å². The molecule has 0 amide bonds. The number of ketones is 1. The molecule has 0 aromatic heterocycles. The van der Waals surface area contributed by atoms with Gasteiger partial charge in [-0.3, -0.25) is 9.59 Å². The molecule has 1 fully saturated rings. The Morgan fingerprint density at radius 1 is 1.44 bits per heavy atom. The highest BCUT2D eigenvalue weighted by Gasteiger charge is 2.55. The summed E-state index contributed by atoms with van der Waals surface area (Å²) in [6, 6.07) is 0. The number of aliphatic hydroxyl groups is 1. The molecule has 0 bridgehead atoms. The molecular weight excluding hydrogens is 324 g/mol. The number of hydrogen-bond acceptors (Lipinski definition) is 6. The van der Waals surface area contributed by atoms with Crippen molar-refractivity contribution in [1.29, 1.82) is 0 Å². The van der Waals surface area contributed by atoms with Crippen LogP contribution in [0.1, 0.15) is 27.2 Å². The zero-order chi connectivity index (χ0) is 18.5. The highest BCUT2D eigenvalue weighted by atomic mass is 16.6. The molecule has 2 aliphatic carbocycles. The topological polar surface area (TPSA) is 89.9 Å². The first-order valence-electron chi connectivity index (χ1n) is 8.38. The number of fused-ring (bicyclic) bond motifs is 3. The largest absolute Gasteiger partial charge is 0.461 e. The zero-order valence-electron chi connectivity index (χ0n) is 14.6. The lowest BCUT2D eigenvalue weighted by Gasteiger charge is -2.29. The lowest BCUT2D eigenvalue weighted by Crippen LogP contribution is -2.38. The Hall–Kier alpha value is -2.21. The Morgan fingerprint density at radius 2 is 2.12 bits per heavy atom. The molecule has 0 saturated carbocycles. The molecule has 25 heavy (non-hydrogen) atoms. The fourth-order valence-electron chi connectivity index (χ4n) is 4.16. The Labute approximate surface area is 146 Å². The second-order valence-corrected chi connectivity index (χ2v) is 7.11. The van der Waals surface area contributed by atoms with Gasteiger partial charge in [0.25, 0.3) is 0 Å². The predicted molar refractivity (Wildman–Crippen MR) is 88.2 cm³/mol. The van der Waals surface area contributed by atoms with Crippen LogP contribution in [-0.2, 0) is 23.9 Å². The van der Waals surface area contributed by atoms with Crippen molar-refractivity contribution in [3.05, 3.63) is 34.9 Å². The summed E-state index contributed by atoms with van der Waals surface area (Å²) in [4.78, 5) is 36.7. The van der Waals surface area contributed by atoms with Crippen LogP contribution in [0.5, 0.6) is 0 Å². The maximum atomic E-state index is 12.4. The molecule has 3 aliphatic rings. The van der Waals surface area contributed by atoms with Crippen LogP contribution in [-0.4, -0.2) is 41.6 Å². The Morgan fingerprint density at radius 3 is 2.72 bits per heavy atom. The van der Waals surface area contributed by atoms with Crippen molar-refractivity contribution in [3.63, 3.8) is 0 Å². The van der Waals surface area contributed by atoms with Gasteiger partial charge >= 0.3 is 11.9 Å². The van der Waals surface area contributed by atoms with E-state index in [4.69, 9.17) is 9.47 Å². The van der Waals surface area contributed by atoms with Crippen LogP contribution < -0.4 is 0 Å². The van der Waals surface area contributed by atoms with Gasteiger partial charge in [0.1, 0.15) is 12.2 Å². The fraction of sp³-hybridized carbons (Fsp3) is 0.526. The summed E-state index contributed by atoms with van der Waals surface area (Å²) in [6.45, 7) is 8.45. The van der Waals surface area contributed by atoms with Crippen molar-refractivity contribution in [2.45, 2.75) is 39.4 Å². The first-order valence-corrected chi connectivity index (χ1v) is 8.38. The van der Waals surface area contributed by atoms with Crippen molar-refractivity contribution in [2.24, 2.45) is 17.8 Å². The highest BCUT2D eigenvalue weighted by molar-refractivity contribution is 6.09. The van der Waals surface area contributed by atoms with Crippen molar-refractivity contribution in [2.75, 3.05) is 6.61 Å². The van der Waals surface area contributed by atoms with Gasteiger partial charge in [-0.25, -0.2) is 4.79 Å². The monoisotopic (exact) mass is 346 g/mol. The number of carbonyl (C=O) groups is 3. The molecule has 1 heterocycles. The van der Waals surface area contributed by atoms with Crippen LogP contribution in [0.4, 0.5) is 0 Å². The number of hydrogen-bond donors (Lipinski definition) is 1. The molecule has 1 saturated heterocycles. The van der Waals surface area contributed by atoms with E-state index in [1.54, 1.807) is 13.8 Å².